The van der Waals surface area contributed by atoms with Crippen molar-refractivity contribution in [2.75, 3.05) is 33.4 Å². The van der Waals surface area contributed by atoms with Crippen LogP contribution in [0.3, 0.4) is 0 Å². The summed E-state index contributed by atoms with van der Waals surface area (Å²) in [5.41, 5.74) is -0.884. The summed E-state index contributed by atoms with van der Waals surface area (Å²) in [7, 11) is 1.56. The highest BCUT2D eigenvalue weighted by atomic mass is 35.5. The fourth-order valence-electron chi connectivity index (χ4n) is 1.30. The van der Waals surface area contributed by atoms with Crippen LogP contribution >= 0.6 is 23.7 Å². The zero-order valence-corrected chi connectivity index (χ0v) is 13.0. The molecule has 0 aliphatic heterocycles. The van der Waals surface area contributed by atoms with Gasteiger partial charge < -0.3 is 15.4 Å². The number of halogens is 4. The van der Waals surface area contributed by atoms with Crippen molar-refractivity contribution in [3.8, 4) is 0 Å². The number of nitrogens with one attached hydrogen (secondary N) is 2. The van der Waals surface area contributed by atoms with E-state index < -0.39 is 11.9 Å². The molecule has 0 fully saturated rings. The molecule has 0 radical (unpaired) electrons. The van der Waals surface area contributed by atoms with Gasteiger partial charge >= 0.3 is 6.18 Å². The quantitative estimate of drug-likeness (QED) is 0.699. The maximum absolute atomic E-state index is 12.3. The van der Waals surface area contributed by atoms with Crippen LogP contribution in [-0.2, 0) is 22.1 Å². The van der Waals surface area contributed by atoms with Crippen LogP contribution in [0.1, 0.15) is 10.7 Å². The molecule has 1 aromatic rings. The first kappa shape index (κ1) is 20.1. The molecule has 1 amide bonds. The molecule has 0 atom stereocenters. The first-order chi connectivity index (χ1) is 9.43. The maximum atomic E-state index is 12.3. The van der Waals surface area contributed by atoms with E-state index in [2.05, 4.69) is 15.6 Å². The molecule has 10 heteroatoms. The van der Waals surface area contributed by atoms with Gasteiger partial charge in [-0.15, -0.1) is 23.7 Å². The predicted molar refractivity (Wildman–Crippen MR) is 75.8 cm³/mol. The highest BCUT2D eigenvalue weighted by molar-refractivity contribution is 7.09. The Kier molecular flexibility index (Phi) is 9.51. The Bertz CT molecular complexity index is 429. The van der Waals surface area contributed by atoms with Crippen molar-refractivity contribution < 1.29 is 22.7 Å². The normalized spacial score (nSPS) is 11.0. The van der Waals surface area contributed by atoms with Crippen molar-refractivity contribution >= 4 is 29.7 Å². The van der Waals surface area contributed by atoms with E-state index in [1.165, 1.54) is 0 Å². The van der Waals surface area contributed by atoms with Gasteiger partial charge in [0.25, 0.3) is 0 Å². The summed E-state index contributed by atoms with van der Waals surface area (Å²) in [6.07, 6.45) is -4.13. The summed E-state index contributed by atoms with van der Waals surface area (Å²) in [5.74, 6) is -0.214. The molecule has 0 aliphatic rings. The maximum Gasteiger partial charge on any atom is 0.434 e. The third kappa shape index (κ3) is 8.20. The van der Waals surface area contributed by atoms with Crippen LogP contribution in [0.25, 0.3) is 0 Å². The Morgan fingerprint density at radius 1 is 1.43 bits per heavy atom. The van der Waals surface area contributed by atoms with Crippen molar-refractivity contribution in [1.29, 1.82) is 0 Å². The Morgan fingerprint density at radius 2 is 2.14 bits per heavy atom. The van der Waals surface area contributed by atoms with E-state index >= 15 is 0 Å². The number of hydrogen-bond acceptors (Lipinski definition) is 5. The molecule has 0 spiro atoms. The number of amides is 1. The molecule has 0 unspecified atom stereocenters. The van der Waals surface area contributed by atoms with Gasteiger partial charge in [-0.25, -0.2) is 4.98 Å². The number of ether oxygens (including phenoxy) is 1. The predicted octanol–water partition coefficient (Wildman–Crippen LogP) is 1.48. The number of thiazole rings is 1. The fourth-order valence-corrected chi connectivity index (χ4v) is 2.11. The minimum absolute atomic E-state index is 0. The molecule has 5 nitrogen and oxygen atoms in total. The van der Waals surface area contributed by atoms with E-state index in [1.807, 2.05) is 0 Å². The SMILES string of the molecule is COCCNCC(=O)NCCc1nc(C(F)(F)F)cs1.Cl. The molecule has 1 heterocycles. The second-order valence-corrected chi connectivity index (χ2v) is 4.84. The van der Waals surface area contributed by atoms with Gasteiger partial charge in [0.2, 0.25) is 5.91 Å². The Labute approximate surface area is 130 Å². The number of alkyl halides is 3. The zero-order chi connectivity index (χ0) is 15.0. The topological polar surface area (TPSA) is 63.2 Å². The lowest BCUT2D eigenvalue weighted by molar-refractivity contribution is -0.140. The van der Waals surface area contributed by atoms with Gasteiger partial charge in [-0.05, 0) is 0 Å². The molecule has 2 N–H and O–H groups in total. The molecule has 0 saturated heterocycles. The summed E-state index contributed by atoms with van der Waals surface area (Å²) in [6, 6.07) is 0. The highest BCUT2D eigenvalue weighted by Crippen LogP contribution is 2.29. The summed E-state index contributed by atoms with van der Waals surface area (Å²) in [5, 5.41) is 6.79. The van der Waals surface area contributed by atoms with Crippen molar-refractivity contribution in [1.82, 2.24) is 15.6 Å². The molecule has 0 saturated carbocycles. The van der Waals surface area contributed by atoms with Crippen LogP contribution < -0.4 is 10.6 Å². The molecular formula is C11H17ClF3N3O2S. The third-order valence-corrected chi connectivity index (χ3v) is 3.18. The zero-order valence-electron chi connectivity index (χ0n) is 11.3. The number of carbonyl (C=O) groups excluding carboxylic acids is 1. The van der Waals surface area contributed by atoms with Gasteiger partial charge in [0.1, 0.15) is 0 Å². The lowest BCUT2D eigenvalue weighted by atomic mass is 10.4. The van der Waals surface area contributed by atoms with E-state index in [1.54, 1.807) is 7.11 Å². The van der Waals surface area contributed by atoms with Crippen molar-refractivity contribution in [3.63, 3.8) is 0 Å². The largest absolute Gasteiger partial charge is 0.434 e. The van der Waals surface area contributed by atoms with Crippen LogP contribution in [-0.4, -0.2) is 44.2 Å². The average Bonchev–Trinajstić information content (AvgIpc) is 2.83. The van der Waals surface area contributed by atoms with Gasteiger partial charge in [-0.3, -0.25) is 4.79 Å². The highest BCUT2D eigenvalue weighted by Gasteiger charge is 2.33. The standard InChI is InChI=1S/C11H16F3N3O2S.ClH/c1-19-5-4-15-6-9(18)16-3-2-10-17-8(7-20-10)11(12,13)14;/h7,15H,2-6H2,1H3,(H,16,18);1H. The van der Waals surface area contributed by atoms with E-state index in [-0.39, 0.29) is 37.8 Å². The summed E-state index contributed by atoms with van der Waals surface area (Å²) in [4.78, 5) is 14.8. The molecule has 0 aromatic carbocycles. The first-order valence-electron chi connectivity index (χ1n) is 5.91. The van der Waals surface area contributed by atoms with E-state index in [0.717, 1.165) is 16.7 Å². The number of methoxy groups -OCH3 is 1. The van der Waals surface area contributed by atoms with Crippen LogP contribution in [0.2, 0.25) is 0 Å². The third-order valence-electron chi connectivity index (χ3n) is 2.27. The number of hydrogen-bond donors (Lipinski definition) is 2. The smallest absolute Gasteiger partial charge is 0.383 e. The average molecular weight is 348 g/mol. The van der Waals surface area contributed by atoms with Gasteiger partial charge in [0.05, 0.1) is 18.2 Å². The minimum Gasteiger partial charge on any atom is -0.383 e. The van der Waals surface area contributed by atoms with Crippen LogP contribution in [0, 0.1) is 0 Å². The monoisotopic (exact) mass is 347 g/mol. The van der Waals surface area contributed by atoms with E-state index in [0.29, 0.717) is 18.2 Å². The number of aromatic nitrogens is 1. The summed E-state index contributed by atoms with van der Waals surface area (Å²) >= 11 is 0.938. The molecule has 21 heavy (non-hydrogen) atoms. The molecular weight excluding hydrogens is 331 g/mol. The lowest BCUT2D eigenvalue weighted by Gasteiger charge is -2.05. The molecule has 1 rings (SSSR count). The first-order valence-corrected chi connectivity index (χ1v) is 6.79. The van der Waals surface area contributed by atoms with Crippen LogP contribution in [0.4, 0.5) is 13.2 Å². The van der Waals surface area contributed by atoms with Crippen molar-refractivity contribution in [2.45, 2.75) is 12.6 Å². The number of rotatable bonds is 8. The van der Waals surface area contributed by atoms with Gasteiger partial charge in [0, 0.05) is 32.0 Å². The molecule has 0 bridgehead atoms. The lowest BCUT2D eigenvalue weighted by Crippen LogP contribution is -2.36. The summed E-state index contributed by atoms with van der Waals surface area (Å²) < 4.78 is 41.7. The van der Waals surface area contributed by atoms with Gasteiger partial charge in [0.15, 0.2) is 5.69 Å². The number of nitrogens with zero attached hydrogens (tertiary/aromatic N) is 1. The molecule has 122 valence electrons. The molecule has 1 aromatic heterocycles. The van der Waals surface area contributed by atoms with E-state index in [9.17, 15) is 18.0 Å². The Balaban J connectivity index is 0.00000400. The summed E-state index contributed by atoms with van der Waals surface area (Å²) in [6.45, 7) is 1.47. The van der Waals surface area contributed by atoms with E-state index in [4.69, 9.17) is 4.74 Å². The van der Waals surface area contributed by atoms with Crippen LogP contribution in [0.15, 0.2) is 5.38 Å². The fraction of sp³-hybridized carbons (Fsp3) is 0.636. The van der Waals surface area contributed by atoms with Gasteiger partial charge in [-0.2, -0.15) is 13.2 Å². The Hall–Kier alpha value is -0.900. The van der Waals surface area contributed by atoms with Crippen LogP contribution in [0.5, 0.6) is 0 Å². The second-order valence-electron chi connectivity index (χ2n) is 3.89. The van der Waals surface area contributed by atoms with Gasteiger partial charge in [-0.1, -0.05) is 0 Å². The minimum atomic E-state index is -4.41. The number of carbonyl (C=O) groups is 1. The van der Waals surface area contributed by atoms with Crippen molar-refractivity contribution in [2.24, 2.45) is 0 Å². The van der Waals surface area contributed by atoms with Crippen molar-refractivity contribution in [3.05, 3.63) is 16.1 Å². The molecule has 0 aliphatic carbocycles. The Morgan fingerprint density at radius 3 is 2.71 bits per heavy atom. The second kappa shape index (κ2) is 9.93.